The minimum Gasteiger partial charge on any atom is -0.396 e. The maximum atomic E-state index is 11.4. The molecule has 1 heterocycles. The monoisotopic (exact) mass is 172 g/mol. The molecule has 0 aromatic carbocycles. The predicted molar refractivity (Wildman–Crippen MR) is 44.9 cm³/mol. The van der Waals surface area contributed by atoms with Crippen LogP contribution in [0.2, 0.25) is 0 Å². The molecule has 0 bridgehead atoms. The topological polar surface area (TPSA) is 46.5 Å². The number of carbonyl (C=O) groups excluding carboxylic acids is 1. The van der Waals surface area contributed by atoms with E-state index < -0.39 is 0 Å². The van der Waals surface area contributed by atoms with Crippen molar-refractivity contribution < 1.29 is 14.6 Å². The van der Waals surface area contributed by atoms with Crippen molar-refractivity contribution in [1.29, 1.82) is 0 Å². The van der Waals surface area contributed by atoms with E-state index in [9.17, 15) is 4.79 Å². The quantitative estimate of drug-likeness (QED) is 0.680. The van der Waals surface area contributed by atoms with E-state index in [-0.39, 0.29) is 12.5 Å². The first kappa shape index (κ1) is 9.68. The Hall–Kier alpha value is -0.410. The molecule has 3 nitrogen and oxygen atoms in total. The molecule has 0 atom stereocenters. The molecule has 0 amide bonds. The van der Waals surface area contributed by atoms with E-state index in [1.54, 1.807) is 0 Å². The molecule has 1 aliphatic rings. The maximum Gasteiger partial charge on any atom is 0.136 e. The lowest BCUT2D eigenvalue weighted by Crippen LogP contribution is -2.23. The molecular formula is C9H16O3. The third-order valence-corrected chi connectivity index (χ3v) is 2.26. The summed E-state index contributed by atoms with van der Waals surface area (Å²) in [6.07, 6.45) is 2.87. The van der Waals surface area contributed by atoms with Crippen molar-refractivity contribution >= 4 is 5.78 Å². The molecule has 0 unspecified atom stereocenters. The number of aliphatic hydroxyl groups excluding tert-OH is 1. The van der Waals surface area contributed by atoms with Crippen molar-refractivity contribution in [3.8, 4) is 0 Å². The summed E-state index contributed by atoms with van der Waals surface area (Å²) in [4.78, 5) is 11.4. The Morgan fingerprint density at radius 1 is 1.42 bits per heavy atom. The molecule has 3 heteroatoms. The number of carbonyl (C=O) groups is 1. The third kappa shape index (κ3) is 2.91. The van der Waals surface area contributed by atoms with Crippen molar-refractivity contribution in [3.63, 3.8) is 0 Å². The van der Waals surface area contributed by atoms with Gasteiger partial charge >= 0.3 is 0 Å². The first-order valence-corrected chi connectivity index (χ1v) is 4.56. The lowest BCUT2D eigenvalue weighted by Gasteiger charge is -2.20. The minimum absolute atomic E-state index is 0.120. The van der Waals surface area contributed by atoms with Gasteiger partial charge in [-0.3, -0.25) is 4.79 Å². The van der Waals surface area contributed by atoms with Gasteiger partial charge in [0.2, 0.25) is 0 Å². The second-order valence-electron chi connectivity index (χ2n) is 3.18. The van der Waals surface area contributed by atoms with E-state index in [0.29, 0.717) is 18.6 Å². The summed E-state index contributed by atoms with van der Waals surface area (Å²) in [5, 5.41) is 8.54. The molecule has 0 spiro atoms. The molecule has 0 saturated carbocycles. The first-order valence-electron chi connectivity index (χ1n) is 4.56. The molecule has 1 rings (SSSR count). The van der Waals surface area contributed by atoms with Gasteiger partial charge in [0.05, 0.1) is 0 Å². The molecule has 1 saturated heterocycles. The van der Waals surface area contributed by atoms with Crippen molar-refractivity contribution in [1.82, 2.24) is 0 Å². The second kappa shape index (κ2) is 5.27. The number of rotatable bonds is 4. The Labute approximate surface area is 72.7 Å². The van der Waals surface area contributed by atoms with Gasteiger partial charge in [0.25, 0.3) is 0 Å². The number of ketones is 1. The normalized spacial score (nSPS) is 19.4. The summed E-state index contributed by atoms with van der Waals surface area (Å²) in [5.74, 6) is 0.498. The Kier molecular flexibility index (Phi) is 4.25. The average molecular weight is 172 g/mol. The van der Waals surface area contributed by atoms with Crippen molar-refractivity contribution in [2.45, 2.75) is 25.7 Å². The van der Waals surface area contributed by atoms with Gasteiger partial charge < -0.3 is 9.84 Å². The van der Waals surface area contributed by atoms with Gasteiger partial charge in [-0.1, -0.05) is 0 Å². The number of ether oxygens (including phenoxy) is 1. The molecule has 1 fully saturated rings. The van der Waals surface area contributed by atoms with Crippen LogP contribution in [-0.2, 0) is 9.53 Å². The molecule has 0 radical (unpaired) electrons. The summed E-state index contributed by atoms with van der Waals surface area (Å²) in [7, 11) is 0. The number of Topliss-reactive ketones (excluding diaryl/α,β-unsaturated/α-hetero) is 1. The van der Waals surface area contributed by atoms with Gasteiger partial charge in [0, 0.05) is 32.2 Å². The number of hydrogen-bond donors (Lipinski definition) is 1. The van der Waals surface area contributed by atoms with E-state index in [2.05, 4.69) is 0 Å². The summed E-state index contributed by atoms with van der Waals surface area (Å²) < 4.78 is 5.15. The Balaban J connectivity index is 2.20. The molecule has 12 heavy (non-hydrogen) atoms. The molecule has 1 N–H and O–H groups in total. The highest BCUT2D eigenvalue weighted by molar-refractivity contribution is 5.81. The SMILES string of the molecule is O=C(CCCO)C1CCOCC1. The van der Waals surface area contributed by atoms with Crippen LogP contribution in [0.4, 0.5) is 0 Å². The third-order valence-electron chi connectivity index (χ3n) is 2.26. The zero-order valence-electron chi connectivity index (χ0n) is 7.29. The van der Waals surface area contributed by atoms with Gasteiger partial charge in [-0.15, -0.1) is 0 Å². The van der Waals surface area contributed by atoms with Crippen LogP contribution in [0.5, 0.6) is 0 Å². The first-order chi connectivity index (χ1) is 5.84. The van der Waals surface area contributed by atoms with Crippen LogP contribution in [0.3, 0.4) is 0 Å². The van der Waals surface area contributed by atoms with E-state index in [1.165, 1.54) is 0 Å². The fourth-order valence-electron chi connectivity index (χ4n) is 1.48. The van der Waals surface area contributed by atoms with Crippen LogP contribution in [0, 0.1) is 5.92 Å². The summed E-state index contributed by atoms with van der Waals surface area (Å²) in [6.45, 7) is 1.56. The van der Waals surface area contributed by atoms with Crippen molar-refractivity contribution in [2.75, 3.05) is 19.8 Å². The molecule has 0 aromatic heterocycles. The highest BCUT2D eigenvalue weighted by Crippen LogP contribution is 2.17. The van der Waals surface area contributed by atoms with Crippen LogP contribution in [0.15, 0.2) is 0 Å². The zero-order chi connectivity index (χ0) is 8.81. The Morgan fingerprint density at radius 3 is 2.67 bits per heavy atom. The average Bonchev–Trinajstić information content (AvgIpc) is 2.15. The maximum absolute atomic E-state index is 11.4. The van der Waals surface area contributed by atoms with Crippen LogP contribution < -0.4 is 0 Å². The lowest BCUT2D eigenvalue weighted by molar-refractivity contribution is -0.125. The Morgan fingerprint density at radius 2 is 2.08 bits per heavy atom. The highest BCUT2D eigenvalue weighted by Gasteiger charge is 2.20. The van der Waals surface area contributed by atoms with Gasteiger partial charge in [-0.2, -0.15) is 0 Å². The summed E-state index contributed by atoms with van der Waals surface area (Å²) in [6, 6.07) is 0. The van der Waals surface area contributed by atoms with E-state index in [1.807, 2.05) is 0 Å². The van der Waals surface area contributed by atoms with Crippen LogP contribution in [0.25, 0.3) is 0 Å². The van der Waals surface area contributed by atoms with Gasteiger partial charge in [0.15, 0.2) is 0 Å². The largest absolute Gasteiger partial charge is 0.396 e. The van der Waals surface area contributed by atoms with Gasteiger partial charge in [0.1, 0.15) is 5.78 Å². The molecule has 0 aromatic rings. The fraction of sp³-hybridized carbons (Fsp3) is 0.889. The van der Waals surface area contributed by atoms with Crippen molar-refractivity contribution in [2.24, 2.45) is 5.92 Å². The standard InChI is InChI=1S/C9H16O3/c10-5-1-2-9(11)8-3-6-12-7-4-8/h8,10H,1-7H2. The smallest absolute Gasteiger partial charge is 0.136 e. The van der Waals surface area contributed by atoms with E-state index >= 15 is 0 Å². The zero-order valence-corrected chi connectivity index (χ0v) is 7.29. The molecule has 1 aliphatic heterocycles. The van der Waals surface area contributed by atoms with Gasteiger partial charge in [-0.05, 0) is 19.3 Å². The Bertz CT molecular complexity index is 139. The second-order valence-corrected chi connectivity index (χ2v) is 3.18. The van der Waals surface area contributed by atoms with E-state index in [4.69, 9.17) is 9.84 Å². The summed E-state index contributed by atoms with van der Waals surface area (Å²) >= 11 is 0. The lowest BCUT2D eigenvalue weighted by atomic mass is 9.93. The molecular weight excluding hydrogens is 156 g/mol. The molecule has 70 valence electrons. The predicted octanol–water partition coefficient (Wildman–Crippen LogP) is 0.755. The van der Waals surface area contributed by atoms with Gasteiger partial charge in [-0.25, -0.2) is 0 Å². The summed E-state index contributed by atoms with van der Waals surface area (Å²) in [5.41, 5.74) is 0. The van der Waals surface area contributed by atoms with Crippen molar-refractivity contribution in [3.05, 3.63) is 0 Å². The van der Waals surface area contributed by atoms with Crippen LogP contribution >= 0.6 is 0 Å². The minimum atomic E-state index is 0.120. The molecule has 0 aliphatic carbocycles. The van der Waals surface area contributed by atoms with Crippen LogP contribution in [0.1, 0.15) is 25.7 Å². The highest BCUT2D eigenvalue weighted by atomic mass is 16.5. The van der Waals surface area contributed by atoms with E-state index in [0.717, 1.165) is 26.1 Å². The fourth-order valence-corrected chi connectivity index (χ4v) is 1.48. The van der Waals surface area contributed by atoms with Crippen LogP contribution in [-0.4, -0.2) is 30.7 Å². The number of hydrogen-bond acceptors (Lipinski definition) is 3. The number of aliphatic hydroxyl groups is 1.